The fourth-order valence-electron chi connectivity index (χ4n) is 2.14. The molecule has 1 heterocycles. The third kappa shape index (κ3) is 3.98. The highest BCUT2D eigenvalue weighted by atomic mass is 79.9. The van der Waals surface area contributed by atoms with Crippen molar-refractivity contribution >= 4 is 39.1 Å². The third-order valence-corrected chi connectivity index (χ3v) is 4.01. The lowest BCUT2D eigenvalue weighted by atomic mass is 10.2. The maximum Gasteiger partial charge on any atom is 0.248 e. The van der Waals surface area contributed by atoms with Gasteiger partial charge >= 0.3 is 0 Å². The lowest BCUT2D eigenvalue weighted by Gasteiger charge is -2.08. The number of nitrogens with zero attached hydrogens (tertiary/aromatic N) is 4. The summed E-state index contributed by atoms with van der Waals surface area (Å²) in [5, 5.41) is 15.5. The van der Waals surface area contributed by atoms with Crippen LogP contribution >= 0.6 is 27.5 Å². The molecule has 0 fully saturated rings. The number of carbonyl (C=O) groups is 1. The Morgan fingerprint density at radius 1 is 1.29 bits per heavy atom. The lowest BCUT2D eigenvalue weighted by Crippen LogP contribution is -2.20. The second-order valence-corrected chi connectivity index (χ2v) is 6.51. The second kappa shape index (κ2) is 7.11. The van der Waals surface area contributed by atoms with Gasteiger partial charge in [0.2, 0.25) is 11.7 Å². The summed E-state index contributed by atoms with van der Waals surface area (Å²) in [6.45, 7) is 1.90. The molecular formula is C16H13BrClN5O. The minimum Gasteiger partial charge on any atom is -0.324 e. The van der Waals surface area contributed by atoms with E-state index in [-0.39, 0.29) is 12.5 Å². The van der Waals surface area contributed by atoms with Crippen LogP contribution in [-0.2, 0) is 11.3 Å². The van der Waals surface area contributed by atoms with Gasteiger partial charge in [-0.05, 0) is 48.0 Å². The third-order valence-electron chi connectivity index (χ3n) is 3.28. The van der Waals surface area contributed by atoms with E-state index in [1.807, 2.05) is 31.2 Å². The van der Waals surface area contributed by atoms with Crippen LogP contribution in [0.2, 0.25) is 5.02 Å². The molecule has 6 nitrogen and oxygen atoms in total. The molecule has 0 aliphatic carbocycles. The second-order valence-electron chi connectivity index (χ2n) is 5.16. The highest BCUT2D eigenvalue weighted by molar-refractivity contribution is 9.10. The van der Waals surface area contributed by atoms with E-state index in [0.717, 1.165) is 21.3 Å². The molecule has 0 atom stereocenters. The molecule has 0 aliphatic rings. The summed E-state index contributed by atoms with van der Waals surface area (Å²) in [6, 6.07) is 12.8. The molecule has 0 radical (unpaired) electrons. The SMILES string of the molecule is Cc1cc(Br)ccc1NC(=O)Cn1nnc(-c2cccc(Cl)c2)n1. The van der Waals surface area contributed by atoms with E-state index < -0.39 is 0 Å². The van der Waals surface area contributed by atoms with Crippen LogP contribution in [0.4, 0.5) is 5.69 Å². The van der Waals surface area contributed by atoms with E-state index in [1.54, 1.807) is 18.2 Å². The van der Waals surface area contributed by atoms with Crippen molar-refractivity contribution in [2.75, 3.05) is 5.32 Å². The van der Waals surface area contributed by atoms with Crippen LogP contribution in [0.15, 0.2) is 46.9 Å². The zero-order chi connectivity index (χ0) is 17.1. The summed E-state index contributed by atoms with van der Waals surface area (Å²) in [6.07, 6.45) is 0. The Hall–Kier alpha value is -2.25. The molecule has 0 unspecified atom stereocenters. The normalized spacial score (nSPS) is 10.6. The van der Waals surface area contributed by atoms with Crippen LogP contribution in [-0.4, -0.2) is 26.1 Å². The molecule has 1 amide bonds. The number of carbonyl (C=O) groups excluding carboxylic acids is 1. The number of rotatable bonds is 4. The number of nitrogens with one attached hydrogen (secondary N) is 1. The summed E-state index contributed by atoms with van der Waals surface area (Å²) >= 11 is 9.34. The van der Waals surface area contributed by atoms with Crippen molar-refractivity contribution in [2.24, 2.45) is 0 Å². The van der Waals surface area contributed by atoms with Crippen LogP contribution in [0.3, 0.4) is 0 Å². The molecule has 0 bridgehead atoms. The summed E-state index contributed by atoms with van der Waals surface area (Å²) < 4.78 is 0.960. The summed E-state index contributed by atoms with van der Waals surface area (Å²) in [5.74, 6) is 0.195. The average Bonchev–Trinajstić information content (AvgIpc) is 2.98. The number of aromatic nitrogens is 4. The van der Waals surface area contributed by atoms with Gasteiger partial charge in [0, 0.05) is 20.7 Å². The van der Waals surface area contributed by atoms with E-state index >= 15 is 0 Å². The van der Waals surface area contributed by atoms with E-state index in [9.17, 15) is 4.79 Å². The van der Waals surface area contributed by atoms with Gasteiger partial charge in [-0.3, -0.25) is 4.79 Å². The average molecular weight is 407 g/mol. The van der Waals surface area contributed by atoms with Crippen LogP contribution < -0.4 is 5.32 Å². The molecular weight excluding hydrogens is 394 g/mol. The number of anilines is 1. The van der Waals surface area contributed by atoms with Gasteiger partial charge in [-0.25, -0.2) is 0 Å². The number of benzene rings is 2. The zero-order valence-electron chi connectivity index (χ0n) is 12.7. The van der Waals surface area contributed by atoms with Crippen LogP contribution in [0, 0.1) is 6.92 Å². The predicted octanol–water partition coefficient (Wildman–Crippen LogP) is 3.70. The van der Waals surface area contributed by atoms with E-state index in [0.29, 0.717) is 10.8 Å². The predicted molar refractivity (Wildman–Crippen MR) is 95.8 cm³/mol. The minimum absolute atomic E-state index is 0.0247. The molecule has 1 N–H and O–H groups in total. The molecule has 3 aromatic rings. The number of amides is 1. The number of aryl methyl sites for hydroxylation is 1. The van der Waals surface area contributed by atoms with Gasteiger partial charge < -0.3 is 5.32 Å². The maximum atomic E-state index is 12.1. The van der Waals surface area contributed by atoms with Crippen molar-refractivity contribution in [1.82, 2.24) is 20.2 Å². The molecule has 3 rings (SSSR count). The van der Waals surface area contributed by atoms with Crippen LogP contribution in [0.1, 0.15) is 5.56 Å². The first-order valence-electron chi connectivity index (χ1n) is 7.11. The Morgan fingerprint density at radius 2 is 2.12 bits per heavy atom. The minimum atomic E-state index is -0.226. The van der Waals surface area contributed by atoms with Crippen molar-refractivity contribution in [1.29, 1.82) is 0 Å². The number of hydrogen-bond donors (Lipinski definition) is 1. The number of halogens is 2. The Bertz CT molecular complexity index is 896. The van der Waals surface area contributed by atoms with Gasteiger partial charge in [0.05, 0.1) is 0 Å². The Balaban J connectivity index is 1.69. The van der Waals surface area contributed by atoms with Gasteiger partial charge in [0.15, 0.2) is 0 Å². The number of tetrazole rings is 1. The number of hydrogen-bond acceptors (Lipinski definition) is 4. The summed E-state index contributed by atoms with van der Waals surface area (Å²) in [5.41, 5.74) is 2.46. The van der Waals surface area contributed by atoms with Crippen LogP contribution in [0.25, 0.3) is 11.4 Å². The summed E-state index contributed by atoms with van der Waals surface area (Å²) in [4.78, 5) is 13.4. The van der Waals surface area contributed by atoms with Crippen molar-refractivity contribution in [3.63, 3.8) is 0 Å². The van der Waals surface area contributed by atoms with Gasteiger partial charge in [-0.15, -0.1) is 10.2 Å². The Kier molecular flexibility index (Phi) is 4.92. The topological polar surface area (TPSA) is 72.7 Å². The maximum absolute atomic E-state index is 12.1. The van der Waals surface area contributed by atoms with Crippen molar-refractivity contribution in [2.45, 2.75) is 13.5 Å². The Morgan fingerprint density at radius 3 is 2.88 bits per heavy atom. The largest absolute Gasteiger partial charge is 0.324 e. The quantitative estimate of drug-likeness (QED) is 0.717. The fraction of sp³-hybridized carbons (Fsp3) is 0.125. The lowest BCUT2D eigenvalue weighted by molar-refractivity contribution is -0.117. The zero-order valence-corrected chi connectivity index (χ0v) is 15.0. The monoisotopic (exact) mass is 405 g/mol. The van der Waals surface area contributed by atoms with Crippen molar-refractivity contribution < 1.29 is 4.79 Å². The molecule has 24 heavy (non-hydrogen) atoms. The van der Waals surface area contributed by atoms with Crippen molar-refractivity contribution in [3.05, 3.63) is 57.5 Å². The van der Waals surface area contributed by atoms with Gasteiger partial charge in [-0.1, -0.05) is 39.7 Å². The molecule has 1 aromatic heterocycles. The Labute approximate surface area is 152 Å². The highest BCUT2D eigenvalue weighted by Gasteiger charge is 2.11. The molecule has 122 valence electrons. The molecule has 0 saturated carbocycles. The van der Waals surface area contributed by atoms with Gasteiger partial charge in [-0.2, -0.15) is 4.80 Å². The first-order valence-corrected chi connectivity index (χ1v) is 8.28. The van der Waals surface area contributed by atoms with Crippen molar-refractivity contribution in [3.8, 4) is 11.4 Å². The molecule has 0 saturated heterocycles. The molecule has 2 aromatic carbocycles. The summed E-state index contributed by atoms with van der Waals surface area (Å²) in [7, 11) is 0. The first-order chi connectivity index (χ1) is 11.5. The standard InChI is InChI=1S/C16H13BrClN5O/c1-10-7-12(17)5-6-14(10)19-15(24)9-23-21-16(20-22-23)11-3-2-4-13(18)8-11/h2-8H,9H2,1H3,(H,19,24). The van der Waals surface area contributed by atoms with Gasteiger partial charge in [0.1, 0.15) is 6.54 Å². The van der Waals surface area contributed by atoms with Gasteiger partial charge in [0.25, 0.3) is 0 Å². The first kappa shape index (κ1) is 16.6. The molecule has 0 aliphatic heterocycles. The van der Waals surface area contributed by atoms with E-state index in [4.69, 9.17) is 11.6 Å². The fourth-order valence-corrected chi connectivity index (χ4v) is 2.80. The van der Waals surface area contributed by atoms with E-state index in [1.165, 1.54) is 4.80 Å². The molecule has 8 heteroatoms. The van der Waals surface area contributed by atoms with Crippen LogP contribution in [0.5, 0.6) is 0 Å². The highest BCUT2D eigenvalue weighted by Crippen LogP contribution is 2.20. The van der Waals surface area contributed by atoms with E-state index in [2.05, 4.69) is 36.7 Å². The smallest absolute Gasteiger partial charge is 0.248 e. The molecule has 0 spiro atoms.